The first kappa shape index (κ1) is 21.3. The summed E-state index contributed by atoms with van der Waals surface area (Å²) in [5, 5.41) is 3.21. The van der Waals surface area contributed by atoms with E-state index in [1.807, 2.05) is 0 Å². The van der Waals surface area contributed by atoms with Crippen LogP contribution in [0.25, 0.3) is 0 Å². The number of esters is 1. The molecule has 7 nitrogen and oxygen atoms in total. The summed E-state index contributed by atoms with van der Waals surface area (Å²) in [5.74, 6) is -1.25. The van der Waals surface area contributed by atoms with Gasteiger partial charge in [-0.2, -0.15) is 4.31 Å². The maximum atomic E-state index is 12.6. The Labute approximate surface area is 174 Å². The van der Waals surface area contributed by atoms with Gasteiger partial charge in [-0.15, -0.1) is 0 Å². The van der Waals surface area contributed by atoms with Gasteiger partial charge >= 0.3 is 5.97 Å². The van der Waals surface area contributed by atoms with Gasteiger partial charge in [0.2, 0.25) is 16.1 Å². The van der Waals surface area contributed by atoms with Gasteiger partial charge in [-0.1, -0.05) is 41.9 Å². The molecular weight excluding hydrogens is 416 g/mol. The van der Waals surface area contributed by atoms with E-state index in [9.17, 15) is 18.0 Å². The number of benzene rings is 2. The number of carbonyl (C=O) groups is 2. The summed E-state index contributed by atoms with van der Waals surface area (Å²) >= 11 is 5.79. The molecule has 1 amide bonds. The lowest BCUT2D eigenvalue weighted by Crippen LogP contribution is -2.37. The van der Waals surface area contributed by atoms with Gasteiger partial charge in [0, 0.05) is 23.7 Å². The van der Waals surface area contributed by atoms with Crippen molar-refractivity contribution in [3.8, 4) is 0 Å². The molecule has 0 saturated heterocycles. The molecule has 0 aliphatic heterocycles. The van der Waals surface area contributed by atoms with Crippen LogP contribution in [-0.4, -0.2) is 44.2 Å². The molecule has 1 fully saturated rings. The maximum absolute atomic E-state index is 12.6. The number of amides is 1. The minimum atomic E-state index is -3.91. The van der Waals surface area contributed by atoms with Crippen molar-refractivity contribution < 1.29 is 22.7 Å². The molecule has 2 aromatic carbocycles. The zero-order valence-electron chi connectivity index (χ0n) is 15.7. The van der Waals surface area contributed by atoms with E-state index in [-0.39, 0.29) is 10.9 Å². The summed E-state index contributed by atoms with van der Waals surface area (Å²) in [6.45, 7) is -0.537. The molecule has 1 atom stereocenters. The fraction of sp³-hybridized carbons (Fsp3) is 0.300. The predicted octanol–water partition coefficient (Wildman–Crippen LogP) is 2.52. The highest BCUT2D eigenvalue weighted by Crippen LogP contribution is 2.24. The molecule has 0 spiro atoms. The van der Waals surface area contributed by atoms with Crippen LogP contribution in [0.3, 0.4) is 0 Å². The van der Waals surface area contributed by atoms with Crippen LogP contribution >= 0.6 is 11.6 Å². The summed E-state index contributed by atoms with van der Waals surface area (Å²) < 4.78 is 31.5. The van der Waals surface area contributed by atoms with E-state index in [0.29, 0.717) is 10.6 Å². The first-order valence-electron chi connectivity index (χ1n) is 9.04. The molecule has 3 rings (SSSR count). The average Bonchev–Trinajstić information content (AvgIpc) is 3.51. The molecule has 29 heavy (non-hydrogen) atoms. The smallest absolute Gasteiger partial charge is 0.322 e. The van der Waals surface area contributed by atoms with Gasteiger partial charge in [-0.05, 0) is 37.1 Å². The van der Waals surface area contributed by atoms with Gasteiger partial charge in [0.15, 0.2) is 0 Å². The van der Waals surface area contributed by atoms with Crippen LogP contribution in [0.5, 0.6) is 0 Å². The summed E-state index contributed by atoms with van der Waals surface area (Å²) in [4.78, 5) is 25.0. The standard InChI is InChI=1S/C20H21ClN2O5S/c1-23(29(26,27)17-11-7-15(21)8-12-17)13-18(24)28-19(14-5-3-2-4-6-14)20(25)22-16-9-10-16/h2-8,11-12,16,19H,9-10,13H2,1H3,(H,22,25). The molecule has 0 bridgehead atoms. The Kier molecular flexibility index (Phi) is 6.56. The summed E-state index contributed by atoms with van der Waals surface area (Å²) in [6, 6.07) is 14.3. The Bertz CT molecular complexity index is 976. The fourth-order valence-electron chi connectivity index (χ4n) is 2.63. The highest BCUT2D eigenvalue weighted by molar-refractivity contribution is 7.89. The normalized spacial score (nSPS) is 15.0. The zero-order chi connectivity index (χ0) is 21.0. The van der Waals surface area contributed by atoms with E-state index in [4.69, 9.17) is 16.3 Å². The number of nitrogens with one attached hydrogen (secondary N) is 1. The summed E-state index contributed by atoms with van der Waals surface area (Å²) in [6.07, 6.45) is 0.642. The molecule has 1 aliphatic rings. The van der Waals surface area contributed by atoms with Gasteiger partial charge in [-0.3, -0.25) is 9.59 Å². The van der Waals surface area contributed by atoms with Crippen molar-refractivity contribution in [1.82, 2.24) is 9.62 Å². The highest BCUT2D eigenvalue weighted by atomic mass is 35.5. The molecule has 1 aliphatic carbocycles. The third-order valence-corrected chi connectivity index (χ3v) is 6.46. The molecule has 154 valence electrons. The second-order valence-corrected chi connectivity index (χ2v) is 9.26. The van der Waals surface area contributed by atoms with E-state index in [1.165, 1.54) is 31.3 Å². The Balaban J connectivity index is 1.70. The van der Waals surface area contributed by atoms with Crippen molar-refractivity contribution in [2.45, 2.75) is 29.9 Å². The predicted molar refractivity (Wildman–Crippen MR) is 108 cm³/mol. The molecular formula is C20H21ClN2O5S. The lowest BCUT2D eigenvalue weighted by molar-refractivity contribution is -0.156. The Morgan fingerprint density at radius 2 is 1.76 bits per heavy atom. The number of hydrogen-bond donors (Lipinski definition) is 1. The third-order valence-electron chi connectivity index (χ3n) is 4.39. The van der Waals surface area contributed by atoms with Crippen LogP contribution < -0.4 is 5.32 Å². The summed E-state index contributed by atoms with van der Waals surface area (Å²) in [5.41, 5.74) is 0.516. The number of hydrogen-bond acceptors (Lipinski definition) is 5. The molecule has 1 unspecified atom stereocenters. The first-order chi connectivity index (χ1) is 13.8. The molecule has 2 aromatic rings. The number of likely N-dealkylation sites (N-methyl/N-ethyl adjacent to an activating group) is 1. The highest BCUT2D eigenvalue weighted by Gasteiger charge is 2.32. The Hall–Kier alpha value is -2.42. The van der Waals surface area contributed by atoms with Crippen molar-refractivity contribution >= 4 is 33.5 Å². The van der Waals surface area contributed by atoms with Gasteiger partial charge < -0.3 is 10.1 Å². The van der Waals surface area contributed by atoms with Crippen molar-refractivity contribution in [1.29, 1.82) is 0 Å². The van der Waals surface area contributed by atoms with E-state index in [2.05, 4.69) is 5.32 Å². The first-order valence-corrected chi connectivity index (χ1v) is 10.9. The van der Waals surface area contributed by atoms with Crippen LogP contribution in [0.4, 0.5) is 0 Å². The zero-order valence-corrected chi connectivity index (χ0v) is 17.3. The lowest BCUT2D eigenvalue weighted by atomic mass is 10.1. The van der Waals surface area contributed by atoms with Crippen molar-refractivity contribution in [2.24, 2.45) is 0 Å². The lowest BCUT2D eigenvalue weighted by Gasteiger charge is -2.21. The van der Waals surface area contributed by atoms with Gasteiger partial charge in [0.1, 0.15) is 6.54 Å². The van der Waals surface area contributed by atoms with Crippen LogP contribution in [0.2, 0.25) is 5.02 Å². The largest absolute Gasteiger partial charge is 0.446 e. The summed E-state index contributed by atoms with van der Waals surface area (Å²) in [7, 11) is -2.64. The second-order valence-electron chi connectivity index (χ2n) is 6.78. The van der Waals surface area contributed by atoms with Crippen molar-refractivity contribution in [3.63, 3.8) is 0 Å². The number of ether oxygens (including phenoxy) is 1. The van der Waals surface area contributed by atoms with E-state index in [0.717, 1.165) is 17.1 Å². The van der Waals surface area contributed by atoms with Crippen LogP contribution in [0.15, 0.2) is 59.5 Å². The topological polar surface area (TPSA) is 92.8 Å². The second kappa shape index (κ2) is 8.94. The maximum Gasteiger partial charge on any atom is 0.322 e. The molecule has 0 heterocycles. The average molecular weight is 437 g/mol. The molecule has 1 saturated carbocycles. The van der Waals surface area contributed by atoms with E-state index in [1.54, 1.807) is 30.3 Å². The number of sulfonamides is 1. The molecule has 0 radical (unpaired) electrons. The molecule has 9 heteroatoms. The van der Waals surface area contributed by atoms with Gasteiger partial charge in [-0.25, -0.2) is 8.42 Å². The monoisotopic (exact) mass is 436 g/mol. The van der Waals surface area contributed by atoms with Gasteiger partial charge in [0.25, 0.3) is 5.91 Å². The number of nitrogens with zero attached hydrogens (tertiary/aromatic N) is 1. The van der Waals surface area contributed by atoms with Crippen molar-refractivity contribution in [2.75, 3.05) is 13.6 Å². The molecule has 1 N–H and O–H groups in total. The van der Waals surface area contributed by atoms with Crippen LogP contribution in [0, 0.1) is 0 Å². The number of carbonyl (C=O) groups excluding carboxylic acids is 2. The van der Waals surface area contributed by atoms with E-state index >= 15 is 0 Å². The van der Waals surface area contributed by atoms with Crippen molar-refractivity contribution in [3.05, 3.63) is 65.2 Å². The SMILES string of the molecule is CN(CC(=O)OC(C(=O)NC1CC1)c1ccccc1)S(=O)(=O)c1ccc(Cl)cc1. The Morgan fingerprint density at radius 1 is 1.14 bits per heavy atom. The van der Waals surface area contributed by atoms with Gasteiger partial charge in [0.05, 0.1) is 4.90 Å². The number of rotatable bonds is 8. The van der Waals surface area contributed by atoms with Crippen LogP contribution in [-0.2, 0) is 24.3 Å². The third kappa shape index (κ3) is 5.56. The fourth-order valence-corrected chi connectivity index (χ4v) is 3.87. The molecule has 0 aromatic heterocycles. The minimum absolute atomic E-state index is 0.00304. The van der Waals surface area contributed by atoms with Crippen LogP contribution in [0.1, 0.15) is 24.5 Å². The number of halogens is 1. The minimum Gasteiger partial charge on any atom is -0.446 e. The Morgan fingerprint density at radius 3 is 2.34 bits per heavy atom. The quantitative estimate of drug-likeness (QED) is 0.642. The van der Waals surface area contributed by atoms with E-state index < -0.39 is 34.5 Å².